The number of aliphatic imine (C=N–C) groups is 1. The van der Waals surface area contributed by atoms with Gasteiger partial charge >= 0.3 is 5.97 Å². The van der Waals surface area contributed by atoms with Gasteiger partial charge in [-0.2, -0.15) is 0 Å². The lowest BCUT2D eigenvalue weighted by Crippen LogP contribution is -2.62. The summed E-state index contributed by atoms with van der Waals surface area (Å²) in [7, 11) is 0. The summed E-state index contributed by atoms with van der Waals surface area (Å²) >= 11 is 0. The van der Waals surface area contributed by atoms with Crippen molar-refractivity contribution in [2.45, 2.75) is 69.5 Å². The molecule has 1 rings (SSSR count). The summed E-state index contributed by atoms with van der Waals surface area (Å²) < 4.78 is 0. The Bertz CT molecular complexity index is 980. The van der Waals surface area contributed by atoms with E-state index in [-0.39, 0.29) is 37.5 Å². The number of carbonyl (C=O) groups excluding carboxylic acids is 3. The summed E-state index contributed by atoms with van der Waals surface area (Å²) in [5.74, 6) is -4.26. The predicted molar refractivity (Wildman–Crippen MR) is 136 cm³/mol. The molecule has 212 valence electrons. The molecule has 0 spiro atoms. The lowest BCUT2D eigenvalue weighted by atomic mass is 10.0. The molecule has 0 heterocycles. The quantitative estimate of drug-likeness (QED) is 0.0596. The molecule has 0 aliphatic heterocycles. The Morgan fingerprint density at radius 1 is 0.895 bits per heavy atom. The molecule has 0 aliphatic rings. The fraction of sp³-hybridized carbons (Fsp3) is 0.522. The van der Waals surface area contributed by atoms with Crippen LogP contribution in [0.2, 0.25) is 0 Å². The number of aromatic hydroxyl groups is 1. The Labute approximate surface area is 219 Å². The third-order valence-corrected chi connectivity index (χ3v) is 5.41. The minimum atomic E-state index is -1.61. The van der Waals surface area contributed by atoms with Crippen molar-refractivity contribution >= 4 is 29.7 Å². The first-order valence-corrected chi connectivity index (χ1v) is 11.8. The summed E-state index contributed by atoms with van der Waals surface area (Å²) in [6.45, 7) is 2.55. The van der Waals surface area contributed by atoms with E-state index in [4.69, 9.17) is 17.2 Å². The molecule has 3 amide bonds. The Balaban J connectivity index is 2.85. The highest BCUT2D eigenvalue weighted by Gasteiger charge is 2.34. The number of guanidine groups is 1. The number of aliphatic carboxylic acids is 1. The van der Waals surface area contributed by atoms with Crippen molar-refractivity contribution in [1.82, 2.24) is 16.0 Å². The summed E-state index contributed by atoms with van der Waals surface area (Å²) in [5, 5.41) is 45.7. The van der Waals surface area contributed by atoms with E-state index < -0.39 is 60.1 Å². The average Bonchev–Trinajstić information content (AvgIpc) is 2.82. The van der Waals surface area contributed by atoms with Gasteiger partial charge < -0.3 is 53.6 Å². The normalized spacial score (nSPS) is 15.6. The van der Waals surface area contributed by atoms with Crippen LogP contribution in [0.3, 0.4) is 0 Å². The van der Waals surface area contributed by atoms with Crippen LogP contribution in [0.4, 0.5) is 0 Å². The molecule has 1 aromatic rings. The second-order valence-electron chi connectivity index (χ2n) is 8.78. The molecule has 0 aliphatic carbocycles. The van der Waals surface area contributed by atoms with Gasteiger partial charge in [0, 0.05) is 6.54 Å². The average molecular weight is 540 g/mol. The maximum atomic E-state index is 12.9. The number of hydrogen-bond acceptors (Lipinski definition) is 9. The SMILES string of the molecule is CC(O)C(NC(=O)C(N)Cc1ccc(O)cc1)C(=O)NC(C(=O)NC(CCCN=C(N)N)C(=O)O)C(C)O. The first-order valence-electron chi connectivity index (χ1n) is 11.8. The standard InChI is InChI=1S/C23H37N7O8/c1-11(31)17(20(35)28-16(22(37)38)4-3-9-27-23(25)26)30-21(36)18(12(2)32)29-19(34)15(24)10-13-5-7-14(33)8-6-13/h5-8,11-12,15-18,31-33H,3-4,9-10,24H2,1-2H3,(H,28,35)(H,29,34)(H,30,36)(H,37,38)(H4,25,26,27). The van der Waals surface area contributed by atoms with Crippen molar-refractivity contribution in [2.24, 2.45) is 22.2 Å². The molecule has 0 fully saturated rings. The molecular formula is C23H37N7O8. The molecule has 0 bridgehead atoms. The van der Waals surface area contributed by atoms with E-state index in [1.807, 2.05) is 0 Å². The first-order chi connectivity index (χ1) is 17.7. The van der Waals surface area contributed by atoms with E-state index in [0.29, 0.717) is 5.56 Å². The minimum Gasteiger partial charge on any atom is -0.508 e. The number of phenolic OH excluding ortho intramolecular Hbond substituents is 1. The van der Waals surface area contributed by atoms with Crippen LogP contribution in [0.25, 0.3) is 0 Å². The van der Waals surface area contributed by atoms with Gasteiger partial charge in [-0.3, -0.25) is 19.4 Å². The molecule has 0 saturated carbocycles. The number of rotatable bonds is 15. The number of aliphatic hydroxyl groups excluding tert-OH is 2. The second-order valence-corrected chi connectivity index (χ2v) is 8.78. The number of phenols is 1. The van der Waals surface area contributed by atoms with Gasteiger partial charge in [-0.25, -0.2) is 4.79 Å². The topological polar surface area (TPSA) is 276 Å². The third-order valence-electron chi connectivity index (χ3n) is 5.41. The maximum absolute atomic E-state index is 12.9. The molecule has 15 nitrogen and oxygen atoms in total. The molecule has 0 aromatic heterocycles. The summed E-state index contributed by atoms with van der Waals surface area (Å²) in [6.07, 6.45) is -2.62. The number of carbonyl (C=O) groups is 4. The molecule has 13 N–H and O–H groups in total. The zero-order valence-corrected chi connectivity index (χ0v) is 21.2. The van der Waals surface area contributed by atoms with Crippen LogP contribution in [0, 0.1) is 0 Å². The zero-order chi connectivity index (χ0) is 29.0. The smallest absolute Gasteiger partial charge is 0.326 e. The van der Waals surface area contributed by atoms with Gasteiger partial charge in [0.2, 0.25) is 17.7 Å². The fourth-order valence-corrected chi connectivity index (χ4v) is 3.31. The summed E-state index contributed by atoms with van der Waals surface area (Å²) in [5.41, 5.74) is 17.0. The van der Waals surface area contributed by atoms with Crippen LogP contribution in [0.5, 0.6) is 5.75 Å². The number of hydrogen-bond donors (Lipinski definition) is 10. The molecule has 15 heteroatoms. The number of amides is 3. The number of aliphatic hydroxyl groups is 2. The molecule has 0 radical (unpaired) electrons. The monoisotopic (exact) mass is 539 g/mol. The minimum absolute atomic E-state index is 0.0370. The van der Waals surface area contributed by atoms with E-state index in [9.17, 15) is 39.6 Å². The van der Waals surface area contributed by atoms with Gasteiger partial charge in [-0.15, -0.1) is 0 Å². The Morgan fingerprint density at radius 2 is 1.39 bits per heavy atom. The second kappa shape index (κ2) is 15.3. The van der Waals surface area contributed by atoms with Gasteiger partial charge in [0.05, 0.1) is 18.2 Å². The van der Waals surface area contributed by atoms with Crippen molar-refractivity contribution in [3.8, 4) is 5.75 Å². The van der Waals surface area contributed by atoms with Crippen molar-refractivity contribution in [2.75, 3.05) is 6.54 Å². The number of nitrogens with one attached hydrogen (secondary N) is 3. The van der Waals surface area contributed by atoms with Crippen molar-refractivity contribution < 1.29 is 39.6 Å². The van der Waals surface area contributed by atoms with Crippen LogP contribution in [0.15, 0.2) is 29.3 Å². The van der Waals surface area contributed by atoms with Crippen LogP contribution in [-0.2, 0) is 25.6 Å². The van der Waals surface area contributed by atoms with Gasteiger partial charge in [0.25, 0.3) is 0 Å². The predicted octanol–water partition coefficient (Wildman–Crippen LogP) is -3.38. The van der Waals surface area contributed by atoms with Crippen LogP contribution >= 0.6 is 0 Å². The number of benzene rings is 1. The van der Waals surface area contributed by atoms with Gasteiger partial charge in [0.15, 0.2) is 5.96 Å². The van der Waals surface area contributed by atoms with Gasteiger partial charge in [0.1, 0.15) is 23.9 Å². The Kier molecular flexibility index (Phi) is 12.9. The van der Waals surface area contributed by atoms with Gasteiger partial charge in [-0.05, 0) is 50.8 Å². The largest absolute Gasteiger partial charge is 0.508 e. The Hall–Kier alpha value is -3.95. The molecular weight excluding hydrogens is 502 g/mol. The van der Waals surface area contributed by atoms with Crippen LogP contribution < -0.4 is 33.2 Å². The first kappa shape index (κ1) is 32.1. The number of nitrogens with two attached hydrogens (primary N) is 3. The number of carboxylic acid groups (broad SMARTS) is 1. The molecule has 0 saturated heterocycles. The number of carboxylic acids is 1. The van der Waals surface area contributed by atoms with Crippen molar-refractivity contribution in [3.63, 3.8) is 0 Å². The summed E-state index contributed by atoms with van der Waals surface area (Å²) in [4.78, 5) is 53.4. The van der Waals surface area contributed by atoms with Crippen LogP contribution in [-0.4, -0.2) is 93.0 Å². The highest BCUT2D eigenvalue weighted by molar-refractivity contribution is 5.94. The molecule has 1 aromatic carbocycles. The lowest BCUT2D eigenvalue weighted by Gasteiger charge is -2.27. The lowest BCUT2D eigenvalue weighted by molar-refractivity contribution is -0.143. The van der Waals surface area contributed by atoms with E-state index in [2.05, 4.69) is 20.9 Å². The zero-order valence-electron chi connectivity index (χ0n) is 21.2. The maximum Gasteiger partial charge on any atom is 0.326 e. The van der Waals surface area contributed by atoms with Gasteiger partial charge in [-0.1, -0.05) is 12.1 Å². The molecule has 38 heavy (non-hydrogen) atoms. The highest BCUT2D eigenvalue weighted by atomic mass is 16.4. The van der Waals surface area contributed by atoms with E-state index >= 15 is 0 Å². The fourth-order valence-electron chi connectivity index (χ4n) is 3.31. The third kappa shape index (κ3) is 11.0. The van der Waals surface area contributed by atoms with Crippen LogP contribution in [0.1, 0.15) is 32.3 Å². The molecule has 6 atom stereocenters. The summed E-state index contributed by atoms with van der Waals surface area (Å²) in [6, 6.07) is 0.359. The molecule has 6 unspecified atom stereocenters. The van der Waals surface area contributed by atoms with Crippen molar-refractivity contribution in [3.05, 3.63) is 29.8 Å². The van der Waals surface area contributed by atoms with Crippen molar-refractivity contribution in [1.29, 1.82) is 0 Å². The highest BCUT2D eigenvalue weighted by Crippen LogP contribution is 2.11. The number of nitrogens with zero attached hydrogens (tertiary/aromatic N) is 1. The van der Waals surface area contributed by atoms with E-state index in [1.54, 1.807) is 12.1 Å². The van der Waals surface area contributed by atoms with E-state index in [0.717, 1.165) is 0 Å². The van der Waals surface area contributed by atoms with E-state index in [1.165, 1.54) is 26.0 Å². The Morgan fingerprint density at radius 3 is 1.87 bits per heavy atom.